The van der Waals surface area contributed by atoms with Gasteiger partial charge in [0.2, 0.25) is 0 Å². The number of rotatable bonds is 1. The summed E-state index contributed by atoms with van der Waals surface area (Å²) in [4.78, 5) is 24.9. The maximum atomic E-state index is 12.7. The Bertz CT molecular complexity index is 867. The summed E-state index contributed by atoms with van der Waals surface area (Å²) < 4.78 is 6.19. The number of H-pyrrole nitrogens is 1. The second kappa shape index (κ2) is 4.52. The minimum Gasteiger partial charge on any atom is -0.424 e. The lowest BCUT2D eigenvalue weighted by Crippen LogP contribution is -2.42. The molecular weight excluding hydrogens is 348 g/mol. The fourth-order valence-corrected chi connectivity index (χ4v) is 4.27. The van der Waals surface area contributed by atoms with Crippen LogP contribution < -0.4 is 4.74 Å². The van der Waals surface area contributed by atoms with Crippen molar-refractivity contribution >= 4 is 44.2 Å². The van der Waals surface area contributed by atoms with E-state index in [1.807, 2.05) is 19.1 Å². The molecule has 22 heavy (non-hydrogen) atoms. The number of esters is 1. The Morgan fingerprint density at radius 3 is 3.00 bits per heavy atom. The van der Waals surface area contributed by atoms with Crippen LogP contribution in [0.5, 0.6) is 5.75 Å². The van der Waals surface area contributed by atoms with Gasteiger partial charge in [-0.2, -0.15) is 5.10 Å². The van der Waals surface area contributed by atoms with E-state index in [-0.39, 0.29) is 11.8 Å². The van der Waals surface area contributed by atoms with E-state index in [1.54, 1.807) is 6.20 Å². The van der Waals surface area contributed by atoms with Crippen molar-refractivity contribution in [2.75, 3.05) is 0 Å². The van der Waals surface area contributed by atoms with E-state index in [0.717, 1.165) is 22.0 Å². The molecule has 112 valence electrons. The number of fused-ring (bicyclic) bond motifs is 5. The topological polar surface area (TPSA) is 72.1 Å². The summed E-state index contributed by atoms with van der Waals surface area (Å²) in [5.74, 6) is 0.240. The fourth-order valence-electron chi connectivity index (χ4n) is 3.48. The van der Waals surface area contributed by atoms with E-state index in [0.29, 0.717) is 29.5 Å². The van der Waals surface area contributed by atoms with Crippen LogP contribution in [-0.4, -0.2) is 21.9 Å². The summed E-state index contributed by atoms with van der Waals surface area (Å²) >= 11 is 3.42. The van der Waals surface area contributed by atoms with E-state index in [9.17, 15) is 9.59 Å². The zero-order chi connectivity index (χ0) is 15.5. The molecule has 0 amide bonds. The lowest BCUT2D eigenvalue weighted by molar-refractivity contribution is -0.144. The first-order valence-electron chi connectivity index (χ1n) is 7.20. The fraction of sp³-hybridized carbons (Fsp3) is 0.312. The first-order chi connectivity index (χ1) is 10.6. The molecule has 1 N–H and O–H groups in total. The van der Waals surface area contributed by atoms with Crippen LogP contribution in [0.15, 0.2) is 22.8 Å². The first kappa shape index (κ1) is 13.7. The number of Topliss-reactive ketones (excluding diaryl/α,β-unsaturated/α-hetero) is 1. The molecule has 2 aromatic rings. The lowest BCUT2D eigenvalue weighted by Gasteiger charge is -2.40. The molecule has 0 bridgehead atoms. The molecular formula is C16H13BrN2O3. The van der Waals surface area contributed by atoms with Gasteiger partial charge in [0.1, 0.15) is 5.75 Å². The molecule has 1 unspecified atom stereocenters. The molecule has 6 heteroatoms. The summed E-state index contributed by atoms with van der Waals surface area (Å²) in [5.41, 5.74) is 1.63. The number of hydrogen-bond acceptors (Lipinski definition) is 4. The van der Waals surface area contributed by atoms with Crippen LogP contribution in [-0.2, 0) is 9.59 Å². The number of nitrogens with zero attached hydrogens (tertiary/aromatic N) is 1. The molecule has 1 atom stereocenters. The number of ether oxygens (including phenoxy) is 1. The molecule has 0 saturated heterocycles. The summed E-state index contributed by atoms with van der Waals surface area (Å²) in [6.07, 6.45) is 3.09. The number of carbonyl (C=O) groups is 2. The van der Waals surface area contributed by atoms with Crippen molar-refractivity contribution in [2.24, 2.45) is 5.41 Å². The van der Waals surface area contributed by atoms with E-state index < -0.39 is 5.41 Å². The summed E-state index contributed by atoms with van der Waals surface area (Å²) in [7, 11) is 0. The van der Waals surface area contributed by atoms with Crippen molar-refractivity contribution in [3.63, 3.8) is 0 Å². The Balaban J connectivity index is 2.11. The SMILES string of the molecule is CCC12CCC(=O)C(Br)=C1c1ccc3[nH]ncc3c1OC2=O. The third kappa shape index (κ3) is 1.56. The van der Waals surface area contributed by atoms with Crippen molar-refractivity contribution < 1.29 is 14.3 Å². The van der Waals surface area contributed by atoms with E-state index in [1.165, 1.54) is 0 Å². The van der Waals surface area contributed by atoms with Crippen LogP contribution in [0.3, 0.4) is 0 Å². The van der Waals surface area contributed by atoms with Crippen LogP contribution >= 0.6 is 15.9 Å². The molecule has 2 aliphatic rings. The molecule has 1 aliphatic carbocycles. The molecule has 1 aromatic carbocycles. The van der Waals surface area contributed by atoms with Crippen molar-refractivity contribution in [1.29, 1.82) is 0 Å². The zero-order valence-electron chi connectivity index (χ0n) is 11.9. The van der Waals surface area contributed by atoms with Crippen LogP contribution in [0.4, 0.5) is 0 Å². The van der Waals surface area contributed by atoms with Crippen molar-refractivity contribution in [3.8, 4) is 5.75 Å². The predicted octanol–water partition coefficient (Wildman–Crippen LogP) is 3.35. The average Bonchev–Trinajstić information content (AvgIpc) is 3.00. The number of aromatic amines is 1. The van der Waals surface area contributed by atoms with Crippen molar-refractivity contribution in [1.82, 2.24) is 10.2 Å². The van der Waals surface area contributed by atoms with Crippen molar-refractivity contribution in [2.45, 2.75) is 26.2 Å². The van der Waals surface area contributed by atoms with E-state index >= 15 is 0 Å². The summed E-state index contributed by atoms with van der Waals surface area (Å²) in [6, 6.07) is 3.79. The maximum Gasteiger partial charge on any atom is 0.322 e. The monoisotopic (exact) mass is 360 g/mol. The van der Waals surface area contributed by atoms with Gasteiger partial charge in [0.25, 0.3) is 0 Å². The molecule has 0 saturated carbocycles. The molecule has 2 heterocycles. The average molecular weight is 361 g/mol. The molecule has 0 spiro atoms. The largest absolute Gasteiger partial charge is 0.424 e. The highest BCUT2D eigenvalue weighted by atomic mass is 79.9. The maximum absolute atomic E-state index is 12.7. The summed E-state index contributed by atoms with van der Waals surface area (Å²) in [5, 5.41) is 7.61. The highest BCUT2D eigenvalue weighted by molar-refractivity contribution is 9.12. The zero-order valence-corrected chi connectivity index (χ0v) is 13.5. The lowest BCUT2D eigenvalue weighted by atomic mass is 9.66. The van der Waals surface area contributed by atoms with E-state index in [4.69, 9.17) is 4.74 Å². The Morgan fingerprint density at radius 1 is 1.41 bits per heavy atom. The highest BCUT2D eigenvalue weighted by Crippen LogP contribution is 2.55. The third-order valence-corrected chi connectivity index (χ3v) is 5.59. The number of allylic oxidation sites excluding steroid dienone is 1. The smallest absolute Gasteiger partial charge is 0.322 e. The van der Waals surface area contributed by atoms with Gasteiger partial charge in [-0.25, -0.2) is 0 Å². The number of hydrogen-bond donors (Lipinski definition) is 1. The standard InChI is InChI=1S/C16H13BrN2O3/c1-2-16-6-5-11(20)13(17)12(16)8-3-4-10-9(7-18-19-10)14(8)22-15(16)21/h3-4,7H,2,5-6H2,1H3,(H,18,19). The van der Waals surface area contributed by atoms with Crippen LogP contribution in [0.2, 0.25) is 0 Å². The van der Waals surface area contributed by atoms with Gasteiger partial charge in [0, 0.05) is 12.0 Å². The number of benzene rings is 1. The van der Waals surface area contributed by atoms with Gasteiger partial charge in [-0.05, 0) is 46.5 Å². The number of aromatic nitrogens is 2. The van der Waals surface area contributed by atoms with Gasteiger partial charge in [0.05, 0.1) is 27.0 Å². The Morgan fingerprint density at radius 2 is 2.23 bits per heavy atom. The minimum atomic E-state index is -0.739. The van der Waals surface area contributed by atoms with Gasteiger partial charge in [-0.15, -0.1) is 0 Å². The Labute approximate surface area is 134 Å². The molecule has 5 nitrogen and oxygen atoms in total. The van der Waals surface area contributed by atoms with Gasteiger partial charge in [-0.1, -0.05) is 6.92 Å². The molecule has 1 aromatic heterocycles. The van der Waals surface area contributed by atoms with Crippen LogP contribution in [0.25, 0.3) is 16.5 Å². The van der Waals surface area contributed by atoms with Crippen LogP contribution in [0.1, 0.15) is 31.7 Å². The molecule has 4 rings (SSSR count). The normalized spacial score (nSPS) is 24.3. The Hall–Kier alpha value is -1.95. The quantitative estimate of drug-likeness (QED) is 0.625. The second-order valence-electron chi connectivity index (χ2n) is 5.71. The third-order valence-electron chi connectivity index (χ3n) is 4.75. The van der Waals surface area contributed by atoms with Gasteiger partial charge < -0.3 is 4.74 Å². The molecule has 0 fully saturated rings. The number of nitrogens with one attached hydrogen (secondary N) is 1. The van der Waals surface area contributed by atoms with Gasteiger partial charge in [0.15, 0.2) is 5.78 Å². The molecule has 0 radical (unpaired) electrons. The van der Waals surface area contributed by atoms with Gasteiger partial charge >= 0.3 is 5.97 Å². The number of carbonyl (C=O) groups excluding carboxylic acids is 2. The minimum absolute atomic E-state index is 0.0343. The summed E-state index contributed by atoms with van der Waals surface area (Å²) in [6.45, 7) is 1.96. The second-order valence-corrected chi connectivity index (χ2v) is 6.50. The van der Waals surface area contributed by atoms with Gasteiger partial charge in [-0.3, -0.25) is 14.7 Å². The molecule has 1 aliphatic heterocycles. The first-order valence-corrected chi connectivity index (χ1v) is 8.00. The number of halogens is 1. The van der Waals surface area contributed by atoms with Crippen LogP contribution in [0, 0.1) is 5.41 Å². The number of ketones is 1. The Kier molecular flexibility index (Phi) is 2.81. The predicted molar refractivity (Wildman–Crippen MR) is 84.5 cm³/mol. The van der Waals surface area contributed by atoms with E-state index in [2.05, 4.69) is 26.1 Å². The van der Waals surface area contributed by atoms with Crippen molar-refractivity contribution in [3.05, 3.63) is 28.4 Å². The highest BCUT2D eigenvalue weighted by Gasteiger charge is 2.51.